The minimum absolute atomic E-state index is 0.00636. The Morgan fingerprint density at radius 2 is 1.95 bits per heavy atom. The molecule has 42 heavy (non-hydrogen) atoms. The molecule has 6 rings (SSSR count). The normalized spacial score (nSPS) is 21.4. The summed E-state index contributed by atoms with van der Waals surface area (Å²) in [6.07, 6.45) is 2.45. The van der Waals surface area contributed by atoms with Gasteiger partial charge >= 0.3 is 0 Å². The van der Waals surface area contributed by atoms with Gasteiger partial charge in [-0.1, -0.05) is 26.0 Å². The maximum Gasteiger partial charge on any atom is 0.254 e. The van der Waals surface area contributed by atoms with Crippen LogP contribution in [0.4, 0.5) is 10.1 Å². The standard InChI is InChI=1S/C33H38FN5O3/c1-21-16-37(26(14-35-21)18-38-17-23-12-27(42-4)9-10-28(23)32(38)41)19-31(40)39-20-33(2,3)29-15-36-25(13-30(29)39)11-22-5-7-24(34)8-6-22/h5-10,12-13,15,21,26,35H,11,14,16-20H2,1-4H3/t21-,26-/m1/s1. The van der Waals surface area contributed by atoms with Gasteiger partial charge in [0, 0.05) is 79.7 Å². The van der Waals surface area contributed by atoms with Gasteiger partial charge in [-0.15, -0.1) is 0 Å². The molecule has 8 nitrogen and oxygen atoms in total. The van der Waals surface area contributed by atoms with Gasteiger partial charge in [-0.05, 0) is 54.4 Å². The number of benzene rings is 2. The van der Waals surface area contributed by atoms with Crippen LogP contribution >= 0.6 is 0 Å². The smallest absolute Gasteiger partial charge is 0.254 e. The second kappa shape index (κ2) is 11.1. The van der Waals surface area contributed by atoms with Gasteiger partial charge in [-0.3, -0.25) is 19.5 Å². The SMILES string of the molecule is COc1ccc2c(c1)CN(C[C@H]1CN[C@H](C)CN1CC(=O)N1CC(C)(C)c3cnc(Cc4ccc(F)cc4)cc31)C2=O. The molecular weight excluding hydrogens is 533 g/mol. The van der Waals surface area contributed by atoms with E-state index < -0.39 is 0 Å². The van der Waals surface area contributed by atoms with Crippen molar-refractivity contribution in [2.45, 2.75) is 51.2 Å². The first kappa shape index (κ1) is 28.3. The van der Waals surface area contributed by atoms with E-state index in [0.717, 1.165) is 45.9 Å². The van der Waals surface area contributed by atoms with Crippen molar-refractivity contribution in [1.82, 2.24) is 20.1 Å². The number of rotatable bonds is 7. The fourth-order valence-corrected chi connectivity index (χ4v) is 6.48. The topological polar surface area (TPSA) is 78.0 Å². The van der Waals surface area contributed by atoms with Crippen molar-refractivity contribution in [3.05, 3.63) is 88.5 Å². The van der Waals surface area contributed by atoms with E-state index in [-0.39, 0.29) is 41.7 Å². The minimum Gasteiger partial charge on any atom is -0.497 e. The number of ether oxygens (including phenoxy) is 1. The van der Waals surface area contributed by atoms with Crippen molar-refractivity contribution in [2.24, 2.45) is 0 Å². The second-order valence-corrected chi connectivity index (χ2v) is 12.5. The number of anilines is 1. The van der Waals surface area contributed by atoms with Gasteiger partial charge in [-0.2, -0.15) is 0 Å². The molecule has 2 amide bonds. The first-order valence-corrected chi connectivity index (χ1v) is 14.6. The van der Waals surface area contributed by atoms with Crippen molar-refractivity contribution in [1.29, 1.82) is 0 Å². The number of carbonyl (C=O) groups is 2. The van der Waals surface area contributed by atoms with Crippen LogP contribution in [-0.2, 0) is 23.2 Å². The quantitative estimate of drug-likeness (QED) is 0.466. The highest BCUT2D eigenvalue weighted by Crippen LogP contribution is 2.40. The summed E-state index contributed by atoms with van der Waals surface area (Å²) in [6, 6.07) is 14.3. The third-order valence-electron chi connectivity index (χ3n) is 8.80. The van der Waals surface area contributed by atoms with Gasteiger partial charge in [0.1, 0.15) is 11.6 Å². The summed E-state index contributed by atoms with van der Waals surface area (Å²) in [5.74, 6) is 0.543. The maximum absolute atomic E-state index is 14.0. The molecule has 1 saturated heterocycles. The lowest BCUT2D eigenvalue weighted by Crippen LogP contribution is -2.60. The number of hydrogen-bond donors (Lipinski definition) is 1. The van der Waals surface area contributed by atoms with Crippen LogP contribution in [0.25, 0.3) is 0 Å². The number of methoxy groups -OCH3 is 1. The summed E-state index contributed by atoms with van der Waals surface area (Å²) in [5.41, 5.74) is 5.23. The van der Waals surface area contributed by atoms with E-state index in [0.29, 0.717) is 32.6 Å². The molecule has 1 aromatic heterocycles. The van der Waals surface area contributed by atoms with Crippen LogP contribution in [0.5, 0.6) is 5.75 Å². The van der Waals surface area contributed by atoms with Crippen molar-refractivity contribution in [3.63, 3.8) is 0 Å². The summed E-state index contributed by atoms with van der Waals surface area (Å²) in [7, 11) is 1.63. The van der Waals surface area contributed by atoms with Crippen molar-refractivity contribution < 1.29 is 18.7 Å². The molecule has 0 unspecified atom stereocenters. The molecule has 0 saturated carbocycles. The number of fused-ring (bicyclic) bond motifs is 2. The Kier molecular flexibility index (Phi) is 7.49. The van der Waals surface area contributed by atoms with Gasteiger partial charge in [0.2, 0.25) is 5.91 Å². The van der Waals surface area contributed by atoms with Gasteiger partial charge in [0.05, 0.1) is 19.3 Å². The van der Waals surface area contributed by atoms with Crippen molar-refractivity contribution in [3.8, 4) is 5.75 Å². The monoisotopic (exact) mass is 571 g/mol. The highest BCUT2D eigenvalue weighted by atomic mass is 19.1. The highest BCUT2D eigenvalue weighted by molar-refractivity contribution is 5.99. The molecule has 1 N–H and O–H groups in total. The Morgan fingerprint density at radius 1 is 1.17 bits per heavy atom. The lowest BCUT2D eigenvalue weighted by Gasteiger charge is -2.41. The first-order chi connectivity index (χ1) is 20.1. The number of pyridine rings is 1. The minimum atomic E-state index is -0.265. The van der Waals surface area contributed by atoms with Crippen LogP contribution < -0.4 is 15.0 Å². The molecule has 9 heteroatoms. The van der Waals surface area contributed by atoms with Crippen molar-refractivity contribution >= 4 is 17.5 Å². The average Bonchev–Trinajstić information content (AvgIpc) is 3.42. The van der Waals surface area contributed by atoms with Crippen LogP contribution in [-0.4, -0.2) is 78.5 Å². The molecular formula is C33H38FN5O3. The summed E-state index contributed by atoms with van der Waals surface area (Å²) in [4.78, 5) is 37.9. The van der Waals surface area contributed by atoms with Crippen LogP contribution in [0.1, 0.15) is 53.5 Å². The van der Waals surface area contributed by atoms with E-state index in [1.54, 1.807) is 19.2 Å². The number of piperazine rings is 1. The average molecular weight is 572 g/mol. The molecule has 2 aromatic carbocycles. The zero-order chi connectivity index (χ0) is 29.6. The van der Waals surface area contributed by atoms with Gasteiger partial charge in [-0.25, -0.2) is 4.39 Å². The van der Waals surface area contributed by atoms with Crippen LogP contribution in [0, 0.1) is 5.82 Å². The van der Waals surface area contributed by atoms with E-state index >= 15 is 0 Å². The predicted octanol–water partition coefficient (Wildman–Crippen LogP) is 3.76. The number of hydrogen-bond acceptors (Lipinski definition) is 6. The largest absolute Gasteiger partial charge is 0.497 e. The Hall–Kier alpha value is -3.82. The van der Waals surface area contributed by atoms with Crippen LogP contribution in [0.3, 0.4) is 0 Å². The predicted molar refractivity (Wildman–Crippen MR) is 159 cm³/mol. The number of halogens is 1. The Bertz CT molecular complexity index is 1510. The fourth-order valence-electron chi connectivity index (χ4n) is 6.48. The number of aromatic nitrogens is 1. The third kappa shape index (κ3) is 5.51. The van der Waals surface area contributed by atoms with Crippen molar-refractivity contribution in [2.75, 3.05) is 44.7 Å². The number of carbonyl (C=O) groups excluding carboxylic acids is 2. The second-order valence-electron chi connectivity index (χ2n) is 12.5. The molecule has 3 aliphatic rings. The lowest BCUT2D eigenvalue weighted by atomic mass is 9.88. The van der Waals surface area contributed by atoms with Gasteiger partial charge in [0.25, 0.3) is 5.91 Å². The van der Waals surface area contributed by atoms with Crippen LogP contribution in [0.2, 0.25) is 0 Å². The zero-order valence-electron chi connectivity index (χ0n) is 24.7. The summed E-state index contributed by atoms with van der Waals surface area (Å²) in [5, 5.41) is 3.54. The Labute approximate surface area is 246 Å². The molecule has 2 atom stereocenters. The van der Waals surface area contributed by atoms with E-state index in [1.165, 1.54) is 12.1 Å². The maximum atomic E-state index is 14.0. The van der Waals surface area contributed by atoms with E-state index in [9.17, 15) is 14.0 Å². The number of amides is 2. The van der Waals surface area contributed by atoms with Gasteiger partial charge < -0.3 is 19.9 Å². The van der Waals surface area contributed by atoms with E-state index in [2.05, 4.69) is 31.0 Å². The Morgan fingerprint density at radius 3 is 2.71 bits per heavy atom. The number of nitrogens with one attached hydrogen (secondary N) is 1. The summed E-state index contributed by atoms with van der Waals surface area (Å²) < 4.78 is 18.8. The van der Waals surface area contributed by atoms with E-state index in [1.807, 2.05) is 40.3 Å². The molecule has 4 heterocycles. The molecule has 0 aliphatic carbocycles. The molecule has 3 aliphatic heterocycles. The third-order valence-corrected chi connectivity index (χ3v) is 8.80. The molecule has 0 bridgehead atoms. The van der Waals surface area contributed by atoms with E-state index in [4.69, 9.17) is 9.72 Å². The molecule has 0 radical (unpaired) electrons. The molecule has 3 aromatic rings. The van der Waals surface area contributed by atoms with Gasteiger partial charge in [0.15, 0.2) is 0 Å². The summed E-state index contributed by atoms with van der Waals surface area (Å²) in [6.45, 7) is 9.75. The molecule has 1 fully saturated rings. The first-order valence-electron chi connectivity index (χ1n) is 14.6. The zero-order valence-corrected chi connectivity index (χ0v) is 24.7. The molecule has 0 spiro atoms. The number of nitrogens with zero attached hydrogens (tertiary/aromatic N) is 4. The Balaban J connectivity index is 1.18. The summed E-state index contributed by atoms with van der Waals surface area (Å²) >= 11 is 0. The fraction of sp³-hybridized carbons (Fsp3) is 0.424. The highest BCUT2D eigenvalue weighted by Gasteiger charge is 2.40. The van der Waals surface area contributed by atoms with Crippen LogP contribution in [0.15, 0.2) is 54.7 Å². The molecule has 220 valence electrons. The lowest BCUT2D eigenvalue weighted by molar-refractivity contribution is -0.120.